The molecule has 1 fully saturated rings. The van der Waals surface area contributed by atoms with E-state index in [0.717, 1.165) is 12.8 Å². The van der Waals surface area contributed by atoms with E-state index in [4.69, 9.17) is 25.6 Å². The molecule has 1 N–H and O–H groups in total. The number of carbonyl (C=O) groups is 1. The molecule has 1 saturated heterocycles. The minimum atomic E-state index is -3.92. The van der Waals surface area contributed by atoms with Crippen molar-refractivity contribution in [1.82, 2.24) is 14.9 Å². The molecule has 1 aromatic carbocycles. The molecule has 1 aromatic heterocycles. The molecule has 1 aliphatic rings. The molecule has 11 heteroatoms. The molecule has 0 aliphatic carbocycles. The lowest BCUT2D eigenvalue weighted by atomic mass is 10.1. The first-order valence-electron chi connectivity index (χ1n) is 9.64. The van der Waals surface area contributed by atoms with Gasteiger partial charge in [0, 0.05) is 19.6 Å². The number of rotatable bonds is 9. The van der Waals surface area contributed by atoms with Gasteiger partial charge in [-0.2, -0.15) is 4.98 Å². The zero-order chi connectivity index (χ0) is 21.7. The summed E-state index contributed by atoms with van der Waals surface area (Å²) in [4.78, 5) is 16.3. The number of hydrogen-bond acceptors (Lipinski definition) is 8. The number of aromatic nitrogens is 2. The normalized spacial score (nSPS) is 16.9. The molecular formula is C19H24ClN3O6S. The van der Waals surface area contributed by atoms with Crippen LogP contribution in [0.25, 0.3) is 0 Å². The average molecular weight is 458 g/mol. The Hall–Kier alpha value is -2.01. The molecule has 9 nitrogen and oxygen atoms in total. The standard InChI is InChI=1S/C19H24ClN3O6S/c1-12(2)8-17-22-18(29-23-17)11-28-19(24)13-5-6-15(20)16(9-13)30(25,26)21-10-14-4-3-7-27-14/h5-6,9,12,14,21H,3-4,7-8,10-11H2,1-2H3. The number of nitrogens with one attached hydrogen (secondary N) is 1. The van der Waals surface area contributed by atoms with Gasteiger partial charge in [0.2, 0.25) is 10.0 Å². The number of benzene rings is 1. The fraction of sp³-hybridized carbons (Fsp3) is 0.526. The molecule has 0 amide bonds. The third-order valence-electron chi connectivity index (χ3n) is 4.41. The van der Waals surface area contributed by atoms with Gasteiger partial charge in [0.1, 0.15) is 4.90 Å². The third-order valence-corrected chi connectivity index (χ3v) is 6.31. The van der Waals surface area contributed by atoms with E-state index in [1.54, 1.807) is 0 Å². The molecule has 0 saturated carbocycles. The molecule has 2 heterocycles. The van der Waals surface area contributed by atoms with Gasteiger partial charge in [0.25, 0.3) is 5.89 Å². The summed E-state index contributed by atoms with van der Waals surface area (Å²) in [5.41, 5.74) is 0.0406. The Morgan fingerprint density at radius 2 is 2.20 bits per heavy atom. The molecule has 1 aliphatic heterocycles. The predicted molar refractivity (Wildman–Crippen MR) is 108 cm³/mol. The van der Waals surface area contributed by atoms with Gasteiger partial charge >= 0.3 is 5.97 Å². The summed E-state index contributed by atoms with van der Waals surface area (Å²) in [6.07, 6.45) is 2.17. The fourth-order valence-electron chi connectivity index (χ4n) is 2.93. The van der Waals surface area contributed by atoms with Crippen LogP contribution >= 0.6 is 11.6 Å². The number of ether oxygens (including phenoxy) is 2. The summed E-state index contributed by atoms with van der Waals surface area (Å²) < 4.78 is 43.4. The minimum absolute atomic E-state index is 0.00150. The van der Waals surface area contributed by atoms with Crippen LogP contribution in [0.1, 0.15) is 48.8 Å². The Morgan fingerprint density at radius 1 is 1.40 bits per heavy atom. The SMILES string of the molecule is CC(C)Cc1noc(COC(=O)c2ccc(Cl)c(S(=O)(=O)NCC3CCCO3)c2)n1. The Labute approximate surface area is 180 Å². The fourth-order valence-corrected chi connectivity index (χ4v) is 4.52. The number of carbonyl (C=O) groups excluding carboxylic acids is 1. The van der Waals surface area contributed by atoms with Gasteiger partial charge in [0.05, 0.1) is 16.7 Å². The van der Waals surface area contributed by atoms with Crippen molar-refractivity contribution in [2.24, 2.45) is 5.92 Å². The van der Waals surface area contributed by atoms with E-state index in [2.05, 4.69) is 14.9 Å². The van der Waals surface area contributed by atoms with Crippen LogP contribution < -0.4 is 4.72 Å². The second kappa shape index (κ2) is 9.86. The van der Waals surface area contributed by atoms with Gasteiger partial charge in [0.15, 0.2) is 12.4 Å². The highest BCUT2D eigenvalue weighted by atomic mass is 35.5. The van der Waals surface area contributed by atoms with Crippen molar-refractivity contribution in [3.63, 3.8) is 0 Å². The van der Waals surface area contributed by atoms with Crippen LogP contribution in [0.15, 0.2) is 27.6 Å². The topological polar surface area (TPSA) is 121 Å². The second-order valence-corrected chi connectivity index (χ2v) is 9.55. The quantitative estimate of drug-likeness (QED) is 0.570. The smallest absolute Gasteiger partial charge is 0.338 e. The molecule has 3 rings (SSSR count). The zero-order valence-electron chi connectivity index (χ0n) is 16.8. The lowest BCUT2D eigenvalue weighted by Gasteiger charge is -2.13. The zero-order valence-corrected chi connectivity index (χ0v) is 18.3. The monoisotopic (exact) mass is 457 g/mol. The van der Waals surface area contributed by atoms with E-state index < -0.39 is 16.0 Å². The highest BCUT2D eigenvalue weighted by molar-refractivity contribution is 7.89. The van der Waals surface area contributed by atoms with Gasteiger partial charge < -0.3 is 14.0 Å². The molecule has 2 aromatic rings. The maximum Gasteiger partial charge on any atom is 0.338 e. The average Bonchev–Trinajstić information content (AvgIpc) is 3.36. The molecule has 1 atom stereocenters. The van der Waals surface area contributed by atoms with Crippen LogP contribution in [0.5, 0.6) is 0 Å². The van der Waals surface area contributed by atoms with Crippen molar-refractivity contribution in [1.29, 1.82) is 0 Å². The second-order valence-electron chi connectivity index (χ2n) is 7.41. The minimum Gasteiger partial charge on any atom is -0.452 e. The first-order chi connectivity index (χ1) is 14.2. The molecule has 164 valence electrons. The third kappa shape index (κ3) is 6.00. The van der Waals surface area contributed by atoms with Crippen LogP contribution in [0.3, 0.4) is 0 Å². The lowest BCUT2D eigenvalue weighted by molar-refractivity contribution is 0.0429. The summed E-state index contributed by atoms with van der Waals surface area (Å²) >= 11 is 6.06. The van der Waals surface area contributed by atoms with E-state index in [-0.39, 0.29) is 40.6 Å². The Kier molecular flexibility index (Phi) is 7.45. The van der Waals surface area contributed by atoms with Crippen molar-refractivity contribution in [3.8, 4) is 0 Å². The van der Waals surface area contributed by atoms with Gasteiger partial charge in [-0.25, -0.2) is 17.9 Å². The first kappa shape index (κ1) is 22.7. The van der Waals surface area contributed by atoms with E-state index in [0.29, 0.717) is 24.8 Å². The number of hydrogen-bond donors (Lipinski definition) is 1. The number of sulfonamides is 1. The van der Waals surface area contributed by atoms with Crippen molar-refractivity contribution in [3.05, 3.63) is 40.5 Å². The largest absolute Gasteiger partial charge is 0.452 e. The van der Waals surface area contributed by atoms with Gasteiger partial charge in [-0.15, -0.1) is 0 Å². The number of nitrogens with zero attached hydrogens (tertiary/aromatic N) is 2. The van der Waals surface area contributed by atoms with Crippen molar-refractivity contribution >= 4 is 27.6 Å². The van der Waals surface area contributed by atoms with E-state index in [1.807, 2.05) is 13.8 Å². The summed E-state index contributed by atoms with van der Waals surface area (Å²) in [7, 11) is -3.92. The van der Waals surface area contributed by atoms with Crippen molar-refractivity contribution in [2.75, 3.05) is 13.2 Å². The summed E-state index contributed by atoms with van der Waals surface area (Å²) in [6.45, 7) is 4.60. The maximum atomic E-state index is 12.6. The van der Waals surface area contributed by atoms with Gasteiger partial charge in [-0.05, 0) is 37.0 Å². The lowest BCUT2D eigenvalue weighted by Crippen LogP contribution is -2.32. The summed E-state index contributed by atoms with van der Waals surface area (Å²) in [5.74, 6) is 0.333. The van der Waals surface area contributed by atoms with Crippen LogP contribution in [0.2, 0.25) is 5.02 Å². The molecule has 30 heavy (non-hydrogen) atoms. The van der Waals surface area contributed by atoms with Crippen molar-refractivity contribution < 1.29 is 27.2 Å². The van der Waals surface area contributed by atoms with E-state index >= 15 is 0 Å². The first-order valence-corrected chi connectivity index (χ1v) is 11.5. The predicted octanol–water partition coefficient (Wildman–Crippen LogP) is 2.74. The molecular weight excluding hydrogens is 434 g/mol. The maximum absolute atomic E-state index is 12.6. The van der Waals surface area contributed by atoms with Gasteiger partial charge in [-0.1, -0.05) is 30.6 Å². The molecule has 0 spiro atoms. The van der Waals surface area contributed by atoms with Gasteiger partial charge in [-0.3, -0.25) is 0 Å². The molecule has 0 bridgehead atoms. The summed E-state index contributed by atoms with van der Waals surface area (Å²) in [6, 6.07) is 3.91. The highest BCUT2D eigenvalue weighted by Gasteiger charge is 2.24. The molecule has 0 radical (unpaired) electrons. The Bertz CT molecular complexity index is 986. The highest BCUT2D eigenvalue weighted by Crippen LogP contribution is 2.24. The van der Waals surface area contributed by atoms with Crippen LogP contribution in [-0.2, 0) is 32.5 Å². The Balaban J connectivity index is 1.64. The van der Waals surface area contributed by atoms with Crippen LogP contribution in [0.4, 0.5) is 0 Å². The number of halogens is 1. The van der Waals surface area contributed by atoms with E-state index in [9.17, 15) is 13.2 Å². The number of esters is 1. The van der Waals surface area contributed by atoms with Crippen LogP contribution in [0, 0.1) is 5.92 Å². The Morgan fingerprint density at radius 3 is 2.90 bits per heavy atom. The summed E-state index contributed by atoms with van der Waals surface area (Å²) in [5, 5.41) is 3.83. The van der Waals surface area contributed by atoms with Crippen molar-refractivity contribution in [2.45, 2.75) is 50.7 Å². The van der Waals surface area contributed by atoms with Crippen LogP contribution in [-0.4, -0.2) is 43.8 Å². The molecule has 1 unspecified atom stereocenters. The van der Waals surface area contributed by atoms with E-state index in [1.165, 1.54) is 18.2 Å².